The van der Waals surface area contributed by atoms with Crippen LogP contribution >= 0.6 is 0 Å². The molecule has 0 fully saturated rings. The van der Waals surface area contributed by atoms with Gasteiger partial charge in [0.1, 0.15) is 0 Å². The second-order valence-electron chi connectivity index (χ2n) is 1.72. The molecule has 0 aromatic carbocycles. The molecule has 0 rings (SSSR count). The lowest BCUT2D eigenvalue weighted by Gasteiger charge is -1.96. The Hall–Kier alpha value is -0.330. The van der Waals surface area contributed by atoms with E-state index in [9.17, 15) is 0 Å². The van der Waals surface area contributed by atoms with E-state index in [1.807, 2.05) is 0 Å². The highest BCUT2D eigenvalue weighted by Gasteiger charge is 1.90. The van der Waals surface area contributed by atoms with Crippen molar-refractivity contribution in [3.63, 3.8) is 0 Å². The second kappa shape index (κ2) is 3.85. The molecule has 1 unspecified atom stereocenters. The van der Waals surface area contributed by atoms with Crippen LogP contribution in [0.3, 0.4) is 0 Å². The van der Waals surface area contributed by atoms with Crippen LogP contribution in [0.4, 0.5) is 0 Å². The first kappa shape index (κ1) is 6.67. The van der Waals surface area contributed by atoms with Crippen LogP contribution in [0.1, 0.15) is 19.8 Å². The topological polar surface area (TPSA) is 23.9 Å². The van der Waals surface area contributed by atoms with Crippen LogP contribution in [0.25, 0.3) is 0 Å². The van der Waals surface area contributed by atoms with Crippen molar-refractivity contribution < 1.29 is 0 Å². The zero-order valence-corrected chi connectivity index (χ0v) is 4.78. The van der Waals surface area contributed by atoms with Gasteiger partial charge in [0.15, 0.2) is 0 Å². The third-order valence-electron chi connectivity index (χ3n) is 0.895. The molecule has 1 N–H and O–H groups in total. The van der Waals surface area contributed by atoms with Crippen LogP contribution in [-0.2, 0) is 0 Å². The summed E-state index contributed by atoms with van der Waals surface area (Å²) >= 11 is 0. The van der Waals surface area contributed by atoms with Crippen molar-refractivity contribution >= 4 is 6.21 Å². The van der Waals surface area contributed by atoms with Crippen molar-refractivity contribution in [2.45, 2.75) is 19.8 Å². The molecular weight excluding hydrogens is 86.1 g/mol. The summed E-state index contributed by atoms with van der Waals surface area (Å²) in [7, 11) is 0. The summed E-state index contributed by atoms with van der Waals surface area (Å²) < 4.78 is 0. The Morgan fingerprint density at radius 1 is 1.86 bits per heavy atom. The van der Waals surface area contributed by atoms with Gasteiger partial charge in [0.05, 0.1) is 0 Å². The molecule has 0 saturated carbocycles. The maximum Gasteiger partial charge on any atom is -0.00167 e. The Kier molecular flexibility index (Phi) is 3.67. The normalized spacial score (nSPS) is 13.4. The highest BCUT2D eigenvalue weighted by Crippen LogP contribution is 1.98. The smallest absolute Gasteiger partial charge is 0.00167 e. The summed E-state index contributed by atoms with van der Waals surface area (Å²) in [6.45, 7) is 5.80. The minimum absolute atomic E-state index is 0.241. The lowest BCUT2D eigenvalue weighted by Crippen LogP contribution is -1.92. The first-order valence-corrected chi connectivity index (χ1v) is 2.65. The third-order valence-corrected chi connectivity index (χ3v) is 0.895. The Bertz CT molecular complexity index is 50.1. The predicted octanol–water partition coefficient (Wildman–Crippen LogP) is 1.89. The van der Waals surface area contributed by atoms with Crippen LogP contribution in [-0.4, -0.2) is 6.21 Å². The summed E-state index contributed by atoms with van der Waals surface area (Å²) in [6.07, 6.45) is 3.57. The molecule has 0 bridgehead atoms. The SMILES string of the molecule is [CH2]C(C=N)CCC. The van der Waals surface area contributed by atoms with Crippen molar-refractivity contribution in [3.05, 3.63) is 6.92 Å². The van der Waals surface area contributed by atoms with E-state index in [0.717, 1.165) is 12.8 Å². The number of hydrogen-bond donors (Lipinski definition) is 1. The van der Waals surface area contributed by atoms with Gasteiger partial charge in [0.2, 0.25) is 0 Å². The fraction of sp³-hybridized carbons (Fsp3) is 0.667. The zero-order chi connectivity index (χ0) is 5.70. The fourth-order valence-electron chi connectivity index (χ4n) is 0.454. The van der Waals surface area contributed by atoms with E-state index in [-0.39, 0.29) is 5.92 Å². The van der Waals surface area contributed by atoms with Crippen LogP contribution in [0, 0.1) is 18.3 Å². The Balaban J connectivity index is 2.98. The van der Waals surface area contributed by atoms with Crippen LogP contribution < -0.4 is 0 Å². The van der Waals surface area contributed by atoms with Gasteiger partial charge in [0, 0.05) is 0 Å². The van der Waals surface area contributed by atoms with Gasteiger partial charge >= 0.3 is 0 Å². The monoisotopic (exact) mass is 98.1 g/mol. The van der Waals surface area contributed by atoms with Gasteiger partial charge in [0.25, 0.3) is 0 Å². The summed E-state index contributed by atoms with van der Waals surface area (Å²) in [5.41, 5.74) is 0. The first-order chi connectivity index (χ1) is 3.31. The van der Waals surface area contributed by atoms with E-state index in [1.165, 1.54) is 6.21 Å². The Morgan fingerprint density at radius 2 is 2.43 bits per heavy atom. The van der Waals surface area contributed by atoms with Crippen LogP contribution in [0.5, 0.6) is 0 Å². The molecule has 0 spiro atoms. The zero-order valence-electron chi connectivity index (χ0n) is 4.78. The van der Waals surface area contributed by atoms with Gasteiger partial charge < -0.3 is 5.41 Å². The van der Waals surface area contributed by atoms with Gasteiger partial charge in [-0.2, -0.15) is 0 Å². The quantitative estimate of drug-likeness (QED) is 0.521. The fourth-order valence-corrected chi connectivity index (χ4v) is 0.454. The lowest BCUT2D eigenvalue weighted by molar-refractivity contribution is 0.726. The van der Waals surface area contributed by atoms with Crippen molar-refractivity contribution in [2.24, 2.45) is 5.92 Å². The Morgan fingerprint density at radius 3 is 2.57 bits per heavy atom. The molecule has 0 amide bonds. The standard InChI is InChI=1S/C6H12N/c1-3-4-6(2)5-7/h5-7H,2-4H2,1H3. The van der Waals surface area contributed by atoms with Crippen molar-refractivity contribution in [2.75, 3.05) is 0 Å². The van der Waals surface area contributed by atoms with E-state index in [4.69, 9.17) is 5.41 Å². The molecule has 0 heterocycles. The third kappa shape index (κ3) is 3.50. The highest BCUT2D eigenvalue weighted by molar-refractivity contribution is 5.57. The van der Waals surface area contributed by atoms with Crippen LogP contribution in [0.2, 0.25) is 0 Å². The molecule has 1 heteroatoms. The van der Waals surface area contributed by atoms with Gasteiger partial charge in [-0.1, -0.05) is 13.3 Å². The van der Waals surface area contributed by atoms with E-state index in [1.54, 1.807) is 0 Å². The number of nitrogens with one attached hydrogen (secondary N) is 1. The average molecular weight is 98.2 g/mol. The molecule has 1 atom stereocenters. The van der Waals surface area contributed by atoms with E-state index in [0.29, 0.717) is 0 Å². The summed E-state index contributed by atoms with van der Waals surface area (Å²) in [6, 6.07) is 0. The van der Waals surface area contributed by atoms with Gasteiger partial charge in [-0.3, -0.25) is 0 Å². The first-order valence-electron chi connectivity index (χ1n) is 2.65. The minimum atomic E-state index is 0.241. The molecule has 0 aromatic heterocycles. The second-order valence-corrected chi connectivity index (χ2v) is 1.72. The van der Waals surface area contributed by atoms with Gasteiger partial charge in [-0.25, -0.2) is 0 Å². The minimum Gasteiger partial charge on any atom is -0.313 e. The predicted molar refractivity (Wildman–Crippen MR) is 32.5 cm³/mol. The molecule has 7 heavy (non-hydrogen) atoms. The van der Waals surface area contributed by atoms with Crippen molar-refractivity contribution in [1.82, 2.24) is 0 Å². The summed E-state index contributed by atoms with van der Waals surface area (Å²) in [5, 5.41) is 6.72. The molecule has 0 aliphatic rings. The van der Waals surface area contributed by atoms with Gasteiger partial charge in [-0.15, -0.1) is 0 Å². The van der Waals surface area contributed by atoms with E-state index >= 15 is 0 Å². The number of rotatable bonds is 3. The maximum absolute atomic E-state index is 6.72. The average Bonchev–Trinajstić information content (AvgIpc) is 1.68. The molecular formula is C6H12N. The highest BCUT2D eigenvalue weighted by atomic mass is 14.3. The van der Waals surface area contributed by atoms with E-state index in [2.05, 4.69) is 13.8 Å². The molecule has 0 saturated heterocycles. The van der Waals surface area contributed by atoms with Crippen LogP contribution in [0.15, 0.2) is 0 Å². The largest absolute Gasteiger partial charge is 0.313 e. The molecule has 1 nitrogen and oxygen atoms in total. The molecule has 0 aliphatic carbocycles. The summed E-state index contributed by atoms with van der Waals surface area (Å²) in [4.78, 5) is 0. The van der Waals surface area contributed by atoms with Gasteiger partial charge in [-0.05, 0) is 25.5 Å². The molecule has 41 valence electrons. The lowest BCUT2D eigenvalue weighted by atomic mass is 10.1. The molecule has 0 aromatic rings. The Labute approximate surface area is 45.2 Å². The number of hydrogen-bond acceptors (Lipinski definition) is 1. The van der Waals surface area contributed by atoms with Crippen molar-refractivity contribution in [3.8, 4) is 0 Å². The van der Waals surface area contributed by atoms with E-state index < -0.39 is 0 Å². The molecule has 0 aliphatic heterocycles. The molecule has 1 radical (unpaired) electrons. The van der Waals surface area contributed by atoms with Crippen molar-refractivity contribution in [1.29, 1.82) is 5.41 Å². The summed E-state index contributed by atoms with van der Waals surface area (Å²) in [5.74, 6) is 0.241. The maximum atomic E-state index is 6.72.